The summed E-state index contributed by atoms with van der Waals surface area (Å²) in [5, 5.41) is 12.0. The van der Waals surface area contributed by atoms with Crippen LogP contribution < -0.4 is 5.32 Å². The van der Waals surface area contributed by atoms with Crippen molar-refractivity contribution in [3.05, 3.63) is 83.2 Å². The van der Waals surface area contributed by atoms with Crippen molar-refractivity contribution in [2.45, 2.75) is 38.9 Å². The predicted octanol–water partition coefficient (Wildman–Crippen LogP) is 3.78. The Morgan fingerprint density at radius 3 is 2.07 bits per heavy atom. The van der Waals surface area contributed by atoms with Gasteiger partial charge in [-0.1, -0.05) is 65.9 Å². The lowest BCUT2D eigenvalue weighted by Crippen LogP contribution is -2.32. The highest BCUT2D eigenvalue weighted by Crippen LogP contribution is 2.22. The van der Waals surface area contributed by atoms with E-state index in [-0.39, 0.29) is 18.3 Å². The Morgan fingerprint density at radius 1 is 1.00 bits per heavy atom. The normalized spacial score (nSPS) is 14.2. The summed E-state index contributed by atoms with van der Waals surface area (Å²) in [7, 11) is 0. The maximum atomic E-state index is 13.5. The van der Waals surface area contributed by atoms with E-state index in [1.165, 1.54) is 0 Å². The monoisotopic (exact) mass is 425 g/mol. The molecule has 1 amide bonds. The SMILES string of the molecule is Cc1c(C(=O)N(Cc2ccccc2)Cc2ccccc2)nnn1C1CCNCC1.Cl. The van der Waals surface area contributed by atoms with Crippen LogP contribution in [0.5, 0.6) is 0 Å². The first kappa shape index (κ1) is 22.0. The average molecular weight is 426 g/mol. The molecule has 30 heavy (non-hydrogen) atoms. The van der Waals surface area contributed by atoms with Gasteiger partial charge in [-0.05, 0) is 44.0 Å². The van der Waals surface area contributed by atoms with E-state index in [0.717, 1.165) is 42.8 Å². The van der Waals surface area contributed by atoms with Crippen molar-refractivity contribution in [1.82, 2.24) is 25.2 Å². The summed E-state index contributed by atoms with van der Waals surface area (Å²) in [6.07, 6.45) is 2.02. The van der Waals surface area contributed by atoms with Gasteiger partial charge in [-0.15, -0.1) is 17.5 Å². The molecule has 2 heterocycles. The molecular weight excluding hydrogens is 398 g/mol. The van der Waals surface area contributed by atoms with Gasteiger partial charge in [0.1, 0.15) is 0 Å². The summed E-state index contributed by atoms with van der Waals surface area (Å²) in [5.74, 6) is -0.0737. The first-order chi connectivity index (χ1) is 14.2. The standard InChI is InChI=1S/C23H27N5O.ClH/c1-18-22(25-26-28(18)21-12-14-24-15-13-21)23(29)27(16-19-8-4-2-5-9-19)17-20-10-6-3-7-11-20;/h2-11,21,24H,12-17H2,1H3;1H. The molecule has 0 spiro atoms. The molecule has 0 radical (unpaired) electrons. The minimum Gasteiger partial charge on any atom is -0.329 e. The summed E-state index contributed by atoms with van der Waals surface area (Å²) < 4.78 is 1.94. The summed E-state index contributed by atoms with van der Waals surface area (Å²) in [4.78, 5) is 15.3. The van der Waals surface area contributed by atoms with Crippen LogP contribution in [0, 0.1) is 6.92 Å². The minimum absolute atomic E-state index is 0. The Hall–Kier alpha value is -2.70. The second-order valence-corrected chi connectivity index (χ2v) is 7.58. The topological polar surface area (TPSA) is 63.1 Å². The van der Waals surface area contributed by atoms with Gasteiger partial charge in [0.2, 0.25) is 0 Å². The molecule has 158 valence electrons. The third-order valence-corrected chi connectivity index (χ3v) is 5.50. The molecule has 1 fully saturated rings. The molecule has 2 aromatic carbocycles. The maximum Gasteiger partial charge on any atom is 0.276 e. The molecule has 6 nitrogen and oxygen atoms in total. The Kier molecular flexibility index (Phi) is 7.60. The van der Waals surface area contributed by atoms with Gasteiger partial charge in [-0.3, -0.25) is 4.79 Å². The third-order valence-electron chi connectivity index (χ3n) is 5.50. The molecule has 0 unspecified atom stereocenters. The number of piperidine rings is 1. The molecule has 1 N–H and O–H groups in total. The van der Waals surface area contributed by atoms with Crippen LogP contribution >= 0.6 is 12.4 Å². The highest BCUT2D eigenvalue weighted by molar-refractivity contribution is 5.93. The Bertz CT molecular complexity index is 897. The minimum atomic E-state index is -0.0737. The number of carbonyl (C=O) groups is 1. The number of aromatic nitrogens is 3. The van der Waals surface area contributed by atoms with Crippen molar-refractivity contribution in [3.8, 4) is 0 Å². The molecule has 0 bridgehead atoms. The number of hydrogen-bond donors (Lipinski definition) is 1. The summed E-state index contributed by atoms with van der Waals surface area (Å²) in [6, 6.07) is 20.5. The fourth-order valence-corrected chi connectivity index (χ4v) is 3.89. The van der Waals surface area contributed by atoms with Crippen molar-refractivity contribution in [2.24, 2.45) is 0 Å². The van der Waals surface area contributed by atoms with Gasteiger partial charge >= 0.3 is 0 Å². The molecule has 4 rings (SSSR count). The van der Waals surface area contributed by atoms with E-state index in [9.17, 15) is 4.79 Å². The Balaban J connectivity index is 0.00000256. The van der Waals surface area contributed by atoms with Crippen molar-refractivity contribution >= 4 is 18.3 Å². The molecule has 1 aliphatic heterocycles. The maximum absolute atomic E-state index is 13.5. The van der Waals surface area contributed by atoms with Crippen LogP contribution in [0.25, 0.3) is 0 Å². The second kappa shape index (κ2) is 10.4. The van der Waals surface area contributed by atoms with Crippen LogP contribution in [-0.2, 0) is 13.1 Å². The lowest BCUT2D eigenvalue weighted by Gasteiger charge is -2.24. The number of hydrogen-bond acceptors (Lipinski definition) is 4. The van der Waals surface area contributed by atoms with Gasteiger partial charge in [0.05, 0.1) is 11.7 Å². The molecule has 7 heteroatoms. The number of rotatable bonds is 6. The summed E-state index contributed by atoms with van der Waals surface area (Å²) in [5.41, 5.74) is 3.50. The highest BCUT2D eigenvalue weighted by Gasteiger charge is 2.26. The predicted molar refractivity (Wildman–Crippen MR) is 120 cm³/mol. The number of nitrogens with zero attached hydrogens (tertiary/aromatic N) is 4. The van der Waals surface area contributed by atoms with Crippen LogP contribution in [0.3, 0.4) is 0 Å². The number of halogens is 1. The van der Waals surface area contributed by atoms with Gasteiger partial charge in [-0.25, -0.2) is 4.68 Å². The van der Waals surface area contributed by atoms with Crippen molar-refractivity contribution in [2.75, 3.05) is 13.1 Å². The van der Waals surface area contributed by atoms with E-state index in [2.05, 4.69) is 15.6 Å². The number of carbonyl (C=O) groups excluding carboxylic acids is 1. The fraction of sp³-hybridized carbons (Fsp3) is 0.348. The van der Waals surface area contributed by atoms with Crippen LogP contribution in [0.1, 0.15) is 46.2 Å². The fourth-order valence-electron chi connectivity index (χ4n) is 3.89. The van der Waals surface area contributed by atoms with Gasteiger partial charge in [0.15, 0.2) is 5.69 Å². The number of amides is 1. The molecular formula is C23H28ClN5O. The first-order valence-electron chi connectivity index (χ1n) is 10.2. The van der Waals surface area contributed by atoms with Crippen molar-refractivity contribution < 1.29 is 4.79 Å². The first-order valence-corrected chi connectivity index (χ1v) is 10.2. The van der Waals surface area contributed by atoms with Crippen LogP contribution in [0.2, 0.25) is 0 Å². The van der Waals surface area contributed by atoms with Crippen molar-refractivity contribution in [3.63, 3.8) is 0 Å². The van der Waals surface area contributed by atoms with Crippen molar-refractivity contribution in [1.29, 1.82) is 0 Å². The summed E-state index contributed by atoms with van der Waals surface area (Å²) in [6.45, 7) is 4.98. The van der Waals surface area contributed by atoms with Gasteiger partial charge in [0, 0.05) is 13.1 Å². The zero-order valence-electron chi connectivity index (χ0n) is 17.2. The molecule has 1 saturated heterocycles. The van der Waals surface area contributed by atoms with E-state index in [0.29, 0.717) is 24.8 Å². The summed E-state index contributed by atoms with van der Waals surface area (Å²) >= 11 is 0. The molecule has 0 aliphatic carbocycles. The van der Waals surface area contributed by atoms with E-state index in [1.807, 2.05) is 77.2 Å². The lowest BCUT2D eigenvalue weighted by molar-refractivity contribution is 0.0723. The molecule has 1 aliphatic rings. The van der Waals surface area contributed by atoms with Crippen LogP contribution in [0.4, 0.5) is 0 Å². The van der Waals surface area contributed by atoms with Gasteiger partial charge in [-0.2, -0.15) is 0 Å². The van der Waals surface area contributed by atoms with Gasteiger partial charge < -0.3 is 10.2 Å². The average Bonchev–Trinajstić information content (AvgIpc) is 3.16. The molecule has 1 aromatic heterocycles. The van der Waals surface area contributed by atoms with Gasteiger partial charge in [0.25, 0.3) is 5.91 Å². The largest absolute Gasteiger partial charge is 0.329 e. The highest BCUT2D eigenvalue weighted by atomic mass is 35.5. The number of benzene rings is 2. The number of nitrogens with one attached hydrogen (secondary N) is 1. The zero-order chi connectivity index (χ0) is 20.1. The molecule has 0 saturated carbocycles. The van der Waals surface area contributed by atoms with Crippen LogP contribution in [-0.4, -0.2) is 38.9 Å². The van der Waals surface area contributed by atoms with Crippen LogP contribution in [0.15, 0.2) is 60.7 Å². The molecule has 3 aromatic rings. The Morgan fingerprint density at radius 2 is 1.53 bits per heavy atom. The third kappa shape index (κ3) is 5.07. The Labute approximate surface area is 183 Å². The quantitative estimate of drug-likeness (QED) is 0.652. The lowest BCUT2D eigenvalue weighted by atomic mass is 10.1. The zero-order valence-corrected chi connectivity index (χ0v) is 18.0. The van der Waals surface area contributed by atoms with E-state index < -0.39 is 0 Å². The smallest absolute Gasteiger partial charge is 0.276 e. The second-order valence-electron chi connectivity index (χ2n) is 7.58. The van der Waals surface area contributed by atoms with E-state index in [4.69, 9.17) is 0 Å². The van der Waals surface area contributed by atoms with E-state index in [1.54, 1.807) is 0 Å². The molecule has 0 atom stereocenters. The van der Waals surface area contributed by atoms with E-state index >= 15 is 0 Å².